The lowest BCUT2D eigenvalue weighted by Gasteiger charge is -2.27. The Labute approximate surface area is 109 Å². The van der Waals surface area contributed by atoms with Gasteiger partial charge >= 0.3 is 5.97 Å². The molecule has 0 aliphatic heterocycles. The molecule has 0 saturated carbocycles. The fourth-order valence-electron chi connectivity index (χ4n) is 1.75. The van der Waals surface area contributed by atoms with Crippen LogP contribution in [0.3, 0.4) is 0 Å². The molecule has 0 saturated heterocycles. The Morgan fingerprint density at radius 1 is 1.50 bits per heavy atom. The Morgan fingerprint density at radius 3 is 2.56 bits per heavy atom. The van der Waals surface area contributed by atoms with Crippen molar-refractivity contribution < 1.29 is 19.1 Å². The second kappa shape index (κ2) is 5.82. The van der Waals surface area contributed by atoms with E-state index >= 15 is 0 Å². The maximum atomic E-state index is 13.8. The smallest absolute Gasteiger partial charge is 0.331 e. The van der Waals surface area contributed by atoms with Crippen molar-refractivity contribution in [3.05, 3.63) is 34.6 Å². The monoisotopic (exact) mass is 273 g/mol. The number of carboxylic acids is 1. The largest absolute Gasteiger partial charge is 0.479 e. The van der Waals surface area contributed by atoms with Crippen LogP contribution in [0.5, 0.6) is 0 Å². The lowest BCUT2D eigenvalue weighted by Crippen LogP contribution is -2.37. The highest BCUT2D eigenvalue weighted by atomic mass is 35.5. The minimum Gasteiger partial charge on any atom is -0.479 e. The molecular weight excluding hydrogens is 261 g/mol. The first-order valence-electron chi connectivity index (χ1n) is 5.34. The number of carbonyl (C=O) groups excluding carboxylic acids is 1. The molecule has 0 aliphatic rings. The fraction of sp³-hybridized carbons (Fsp3) is 0.333. The van der Waals surface area contributed by atoms with E-state index in [0.717, 1.165) is 4.90 Å². The van der Waals surface area contributed by atoms with Gasteiger partial charge < -0.3 is 10.0 Å². The van der Waals surface area contributed by atoms with Gasteiger partial charge in [-0.3, -0.25) is 4.79 Å². The Balaban J connectivity index is 3.32. The van der Waals surface area contributed by atoms with Crippen LogP contribution >= 0.6 is 11.6 Å². The number of hydrogen-bond donors (Lipinski definition) is 1. The summed E-state index contributed by atoms with van der Waals surface area (Å²) in [7, 11) is 0. The van der Waals surface area contributed by atoms with Crippen molar-refractivity contribution in [2.24, 2.45) is 0 Å². The van der Waals surface area contributed by atoms with Crippen LogP contribution in [0.15, 0.2) is 18.2 Å². The van der Waals surface area contributed by atoms with Gasteiger partial charge in [-0.1, -0.05) is 23.7 Å². The van der Waals surface area contributed by atoms with Gasteiger partial charge in [-0.25, -0.2) is 9.18 Å². The molecule has 0 radical (unpaired) electrons. The van der Waals surface area contributed by atoms with E-state index in [0.29, 0.717) is 0 Å². The standard InChI is InChI=1S/C12H13ClFNO3/c1-3-15(7(2)16)11(12(17)18)8-5-4-6-9(13)10(8)14/h4-6,11H,3H2,1-2H3,(H,17,18). The van der Waals surface area contributed by atoms with Crippen molar-refractivity contribution in [1.82, 2.24) is 4.90 Å². The number of nitrogens with zero attached hydrogens (tertiary/aromatic N) is 1. The Hall–Kier alpha value is -1.62. The molecule has 1 unspecified atom stereocenters. The number of likely N-dealkylation sites (N-methyl/N-ethyl adjacent to an activating group) is 1. The summed E-state index contributed by atoms with van der Waals surface area (Å²) in [6.45, 7) is 3.03. The first-order chi connectivity index (χ1) is 8.40. The number of benzene rings is 1. The third kappa shape index (κ3) is 2.79. The van der Waals surface area contributed by atoms with Crippen molar-refractivity contribution in [3.63, 3.8) is 0 Å². The third-order valence-corrected chi connectivity index (χ3v) is 2.86. The molecule has 0 fully saturated rings. The SMILES string of the molecule is CCN(C(C)=O)C(C(=O)O)c1cccc(Cl)c1F. The zero-order chi connectivity index (χ0) is 13.9. The lowest BCUT2D eigenvalue weighted by atomic mass is 10.0. The molecule has 1 aromatic carbocycles. The molecule has 1 atom stereocenters. The summed E-state index contributed by atoms with van der Waals surface area (Å²) in [6, 6.07) is 2.71. The Kier molecular flexibility index (Phi) is 4.67. The molecule has 0 bridgehead atoms. The van der Waals surface area contributed by atoms with E-state index in [1.165, 1.54) is 25.1 Å². The second-order valence-electron chi connectivity index (χ2n) is 3.69. The molecule has 18 heavy (non-hydrogen) atoms. The molecule has 1 rings (SSSR count). The molecule has 0 spiro atoms. The van der Waals surface area contributed by atoms with Crippen molar-refractivity contribution in [2.75, 3.05) is 6.54 Å². The molecule has 4 nitrogen and oxygen atoms in total. The van der Waals surface area contributed by atoms with Crippen molar-refractivity contribution in [2.45, 2.75) is 19.9 Å². The Morgan fingerprint density at radius 2 is 2.11 bits per heavy atom. The summed E-state index contributed by atoms with van der Waals surface area (Å²) in [5, 5.41) is 9.02. The average Bonchev–Trinajstić information content (AvgIpc) is 2.29. The van der Waals surface area contributed by atoms with Crippen molar-refractivity contribution in [1.29, 1.82) is 0 Å². The maximum Gasteiger partial charge on any atom is 0.331 e. The highest BCUT2D eigenvalue weighted by molar-refractivity contribution is 6.30. The second-order valence-corrected chi connectivity index (χ2v) is 4.10. The molecule has 0 aromatic heterocycles. The summed E-state index contributed by atoms with van der Waals surface area (Å²) < 4.78 is 13.8. The topological polar surface area (TPSA) is 57.6 Å². The highest BCUT2D eigenvalue weighted by Crippen LogP contribution is 2.27. The first kappa shape index (κ1) is 14.4. The number of rotatable bonds is 4. The predicted octanol–water partition coefficient (Wildman–Crippen LogP) is 2.47. The van der Waals surface area contributed by atoms with Gasteiger partial charge in [0.1, 0.15) is 5.82 Å². The summed E-state index contributed by atoms with van der Waals surface area (Å²) in [4.78, 5) is 23.7. The number of hydrogen-bond acceptors (Lipinski definition) is 2. The number of halogens is 2. The van der Waals surface area contributed by atoms with E-state index in [9.17, 15) is 19.1 Å². The van der Waals surface area contributed by atoms with Gasteiger partial charge in [-0.05, 0) is 13.0 Å². The van der Waals surface area contributed by atoms with E-state index in [1.54, 1.807) is 6.92 Å². The van der Waals surface area contributed by atoms with Crippen LogP contribution in [0.1, 0.15) is 25.5 Å². The van der Waals surface area contributed by atoms with Gasteiger partial charge in [0.05, 0.1) is 5.02 Å². The predicted molar refractivity (Wildman–Crippen MR) is 64.8 cm³/mol. The van der Waals surface area contributed by atoms with E-state index in [1.807, 2.05) is 0 Å². The minimum atomic E-state index is -1.37. The van der Waals surface area contributed by atoms with Crippen molar-refractivity contribution in [3.8, 4) is 0 Å². The number of carbonyl (C=O) groups is 2. The summed E-state index contributed by atoms with van der Waals surface area (Å²) in [5.74, 6) is -2.55. The van der Waals surface area contributed by atoms with Gasteiger partial charge in [0, 0.05) is 19.0 Å². The number of carboxylic acid groups (broad SMARTS) is 1. The summed E-state index contributed by atoms with van der Waals surface area (Å²) >= 11 is 5.62. The van der Waals surface area contributed by atoms with E-state index in [-0.39, 0.29) is 17.1 Å². The quantitative estimate of drug-likeness (QED) is 0.917. The average molecular weight is 274 g/mol. The molecule has 0 heterocycles. The van der Waals surface area contributed by atoms with Gasteiger partial charge in [0.2, 0.25) is 5.91 Å². The zero-order valence-corrected chi connectivity index (χ0v) is 10.7. The van der Waals surface area contributed by atoms with Gasteiger partial charge in [0.15, 0.2) is 6.04 Å². The van der Waals surface area contributed by atoms with Crippen LogP contribution in [0.4, 0.5) is 4.39 Å². The molecule has 1 N–H and O–H groups in total. The van der Waals surface area contributed by atoms with E-state index in [2.05, 4.69) is 0 Å². The molecular formula is C12H13ClFNO3. The summed E-state index contributed by atoms with van der Waals surface area (Å²) in [5.41, 5.74) is -0.118. The Bertz CT molecular complexity index is 478. The molecule has 98 valence electrons. The highest BCUT2D eigenvalue weighted by Gasteiger charge is 2.31. The van der Waals surface area contributed by atoms with Crippen molar-refractivity contribution >= 4 is 23.5 Å². The van der Waals surface area contributed by atoms with Crippen LogP contribution in [0, 0.1) is 5.82 Å². The van der Waals surface area contributed by atoms with Crippen LogP contribution in [0.2, 0.25) is 5.02 Å². The van der Waals surface area contributed by atoms with Gasteiger partial charge in [-0.15, -0.1) is 0 Å². The van der Waals surface area contributed by atoms with Crippen LogP contribution < -0.4 is 0 Å². The van der Waals surface area contributed by atoms with Crippen LogP contribution in [-0.2, 0) is 9.59 Å². The molecule has 1 amide bonds. The maximum absolute atomic E-state index is 13.8. The summed E-state index contributed by atoms with van der Waals surface area (Å²) in [6.07, 6.45) is 0. The molecule has 1 aromatic rings. The molecule has 6 heteroatoms. The first-order valence-corrected chi connectivity index (χ1v) is 5.71. The fourth-order valence-corrected chi connectivity index (χ4v) is 1.93. The minimum absolute atomic E-state index is 0.118. The lowest BCUT2D eigenvalue weighted by molar-refractivity contribution is -0.149. The van der Waals surface area contributed by atoms with E-state index in [4.69, 9.17) is 11.6 Å². The number of amides is 1. The van der Waals surface area contributed by atoms with Gasteiger partial charge in [-0.2, -0.15) is 0 Å². The third-order valence-electron chi connectivity index (χ3n) is 2.57. The number of aliphatic carboxylic acids is 1. The zero-order valence-electron chi connectivity index (χ0n) is 9.98. The van der Waals surface area contributed by atoms with Crippen LogP contribution in [-0.4, -0.2) is 28.4 Å². The van der Waals surface area contributed by atoms with Gasteiger partial charge in [0.25, 0.3) is 0 Å². The normalized spacial score (nSPS) is 12.0. The van der Waals surface area contributed by atoms with Crippen LogP contribution in [0.25, 0.3) is 0 Å². The molecule has 0 aliphatic carbocycles. The van der Waals surface area contributed by atoms with E-state index < -0.39 is 23.7 Å².